The quantitative estimate of drug-likeness (QED) is 0.412. The van der Waals surface area contributed by atoms with Crippen molar-refractivity contribution in [2.24, 2.45) is 0 Å². The summed E-state index contributed by atoms with van der Waals surface area (Å²) in [5.41, 5.74) is 0.647. The monoisotopic (exact) mass is 505 g/mol. The molecule has 0 bridgehead atoms. The van der Waals surface area contributed by atoms with E-state index < -0.39 is 0 Å². The minimum atomic E-state index is 0.0620. The van der Waals surface area contributed by atoms with E-state index in [0.717, 1.165) is 12.8 Å². The van der Waals surface area contributed by atoms with E-state index in [0.29, 0.717) is 44.8 Å². The third-order valence-corrected chi connectivity index (χ3v) is 6.42. The van der Waals surface area contributed by atoms with Gasteiger partial charge in [-0.1, -0.05) is 19.3 Å². The molecule has 0 aromatic heterocycles. The lowest BCUT2D eigenvalue weighted by Gasteiger charge is -2.37. The first-order valence-electron chi connectivity index (χ1n) is 11.0. The molecule has 0 saturated heterocycles. The number of nitrogens with zero attached hydrogens (tertiary/aromatic N) is 1. The van der Waals surface area contributed by atoms with E-state index in [-0.39, 0.29) is 11.9 Å². The van der Waals surface area contributed by atoms with Crippen LogP contribution in [0.15, 0.2) is 34.8 Å². The van der Waals surface area contributed by atoms with E-state index in [1.54, 1.807) is 39.5 Å². The summed E-state index contributed by atoms with van der Waals surface area (Å²) < 4.78 is 22.9. The first-order chi connectivity index (χ1) is 15.4. The van der Waals surface area contributed by atoms with E-state index in [2.05, 4.69) is 29.8 Å². The van der Waals surface area contributed by atoms with E-state index in [9.17, 15) is 4.79 Å². The highest BCUT2D eigenvalue weighted by Gasteiger charge is 2.28. The van der Waals surface area contributed by atoms with Crippen LogP contribution in [0, 0.1) is 0 Å². The average molecular weight is 506 g/mol. The second-order valence-electron chi connectivity index (χ2n) is 8.21. The van der Waals surface area contributed by atoms with Crippen molar-refractivity contribution >= 4 is 21.8 Å². The van der Waals surface area contributed by atoms with E-state index in [4.69, 9.17) is 18.9 Å². The molecule has 0 N–H and O–H groups in total. The van der Waals surface area contributed by atoms with Gasteiger partial charge in [-0.15, -0.1) is 0 Å². The molecule has 0 atom stereocenters. The minimum absolute atomic E-state index is 0.0620. The average Bonchev–Trinajstić information content (AvgIpc) is 2.80. The zero-order chi connectivity index (χ0) is 23.3. The third-order valence-electron chi connectivity index (χ3n) is 5.80. The number of carbonyl (C=O) groups is 1. The predicted octanol–water partition coefficient (Wildman–Crippen LogP) is 6.45. The molecule has 0 aliphatic heterocycles. The van der Waals surface area contributed by atoms with Gasteiger partial charge in [-0.25, -0.2) is 0 Å². The molecule has 174 valence electrons. The van der Waals surface area contributed by atoms with Crippen LogP contribution in [0.5, 0.6) is 28.7 Å². The molecule has 1 fully saturated rings. The number of rotatable bonds is 8. The van der Waals surface area contributed by atoms with Crippen LogP contribution in [0.3, 0.4) is 0 Å². The second kappa shape index (κ2) is 10.9. The highest BCUT2D eigenvalue weighted by Crippen LogP contribution is 2.43. The molecule has 0 heterocycles. The first kappa shape index (κ1) is 24.2. The van der Waals surface area contributed by atoms with Crippen molar-refractivity contribution in [2.45, 2.75) is 58.0 Å². The Balaban J connectivity index is 1.84. The highest BCUT2D eigenvalue weighted by molar-refractivity contribution is 9.10. The van der Waals surface area contributed by atoms with Gasteiger partial charge in [0.15, 0.2) is 11.5 Å². The maximum absolute atomic E-state index is 13.4. The minimum Gasteiger partial charge on any atom is -0.493 e. The lowest BCUT2D eigenvalue weighted by molar-refractivity contribution is 0.0555. The van der Waals surface area contributed by atoms with Crippen molar-refractivity contribution in [3.8, 4) is 28.7 Å². The van der Waals surface area contributed by atoms with Gasteiger partial charge >= 0.3 is 0 Å². The van der Waals surface area contributed by atoms with Crippen molar-refractivity contribution in [3.05, 3.63) is 40.4 Å². The van der Waals surface area contributed by atoms with E-state index in [1.165, 1.54) is 19.3 Å². The normalized spacial score (nSPS) is 14.2. The van der Waals surface area contributed by atoms with Crippen LogP contribution in [-0.2, 0) is 0 Å². The Morgan fingerprint density at radius 2 is 1.56 bits per heavy atom. The van der Waals surface area contributed by atoms with E-state index >= 15 is 0 Å². The summed E-state index contributed by atoms with van der Waals surface area (Å²) in [6.07, 6.45) is 5.79. The van der Waals surface area contributed by atoms with Gasteiger partial charge in [0, 0.05) is 29.8 Å². The summed E-state index contributed by atoms with van der Waals surface area (Å²) in [5.74, 6) is 2.69. The molecule has 2 aromatic rings. The number of halogens is 1. The zero-order valence-corrected chi connectivity index (χ0v) is 21.0. The van der Waals surface area contributed by atoms with Crippen molar-refractivity contribution in [3.63, 3.8) is 0 Å². The molecule has 0 radical (unpaired) electrons. The summed E-state index contributed by atoms with van der Waals surface area (Å²) in [6.45, 7) is 4.17. The van der Waals surface area contributed by atoms with Gasteiger partial charge < -0.3 is 23.8 Å². The fourth-order valence-electron chi connectivity index (χ4n) is 4.29. The molecule has 6 nitrogen and oxygen atoms in total. The topological polar surface area (TPSA) is 57.2 Å². The number of ether oxygens (including phenoxy) is 4. The molecule has 1 saturated carbocycles. The molecule has 1 aliphatic carbocycles. The number of amides is 1. The van der Waals surface area contributed by atoms with Gasteiger partial charge in [-0.2, -0.15) is 0 Å². The van der Waals surface area contributed by atoms with Gasteiger partial charge in [-0.3, -0.25) is 4.79 Å². The Morgan fingerprint density at radius 1 is 0.938 bits per heavy atom. The molecule has 1 amide bonds. The lowest BCUT2D eigenvalue weighted by Crippen LogP contribution is -2.45. The molecule has 7 heteroatoms. The molecule has 1 aliphatic rings. The van der Waals surface area contributed by atoms with Gasteiger partial charge in [-0.05, 0) is 60.8 Å². The van der Waals surface area contributed by atoms with Crippen LogP contribution in [0.25, 0.3) is 0 Å². The number of benzene rings is 2. The second-order valence-corrected chi connectivity index (χ2v) is 9.06. The molecular weight excluding hydrogens is 474 g/mol. The maximum Gasteiger partial charge on any atom is 0.254 e. The summed E-state index contributed by atoms with van der Waals surface area (Å²) in [6, 6.07) is 9.38. The molecule has 32 heavy (non-hydrogen) atoms. The fourth-order valence-corrected chi connectivity index (χ4v) is 4.75. The predicted molar refractivity (Wildman–Crippen MR) is 128 cm³/mol. The summed E-state index contributed by atoms with van der Waals surface area (Å²) >= 11 is 3.57. The highest BCUT2D eigenvalue weighted by atomic mass is 79.9. The van der Waals surface area contributed by atoms with Crippen molar-refractivity contribution in [2.75, 3.05) is 21.3 Å². The summed E-state index contributed by atoms with van der Waals surface area (Å²) in [4.78, 5) is 15.4. The first-order valence-corrected chi connectivity index (χ1v) is 11.8. The van der Waals surface area contributed by atoms with Crippen molar-refractivity contribution in [1.82, 2.24) is 4.90 Å². The number of carbonyl (C=O) groups excluding carboxylic acids is 1. The lowest BCUT2D eigenvalue weighted by atomic mass is 9.93. The molecule has 0 spiro atoms. The Morgan fingerprint density at radius 3 is 2.06 bits per heavy atom. The largest absolute Gasteiger partial charge is 0.493 e. The molecular formula is C25H32BrNO5. The number of hydrogen-bond acceptors (Lipinski definition) is 5. The number of methoxy groups -OCH3 is 3. The number of hydrogen-bond donors (Lipinski definition) is 0. The Labute approximate surface area is 198 Å². The standard InChI is InChI=1S/C25H32BrNO5/c1-16(2)27(18-9-7-6-8-10-18)25(28)17-11-12-21(20(26)13-17)32-19-14-22(29-3)24(31-5)23(15-19)30-4/h11-16,18H,6-10H2,1-5H3. The summed E-state index contributed by atoms with van der Waals surface area (Å²) in [5, 5.41) is 0. The van der Waals surface area contributed by atoms with Gasteiger partial charge in [0.05, 0.1) is 25.8 Å². The van der Waals surface area contributed by atoms with Crippen LogP contribution < -0.4 is 18.9 Å². The fraction of sp³-hybridized carbons (Fsp3) is 0.480. The van der Waals surface area contributed by atoms with Crippen LogP contribution >= 0.6 is 15.9 Å². The Hall–Kier alpha value is -2.41. The van der Waals surface area contributed by atoms with Crippen LogP contribution in [0.2, 0.25) is 0 Å². The van der Waals surface area contributed by atoms with Crippen molar-refractivity contribution in [1.29, 1.82) is 0 Å². The Bertz CT molecular complexity index is 915. The molecule has 2 aromatic carbocycles. The summed E-state index contributed by atoms with van der Waals surface area (Å²) in [7, 11) is 4.68. The SMILES string of the molecule is COc1cc(Oc2ccc(C(=O)N(C(C)C)C3CCCCC3)cc2Br)cc(OC)c1OC. The zero-order valence-electron chi connectivity index (χ0n) is 19.4. The van der Waals surface area contributed by atoms with Crippen LogP contribution in [-0.4, -0.2) is 44.2 Å². The van der Waals surface area contributed by atoms with Crippen LogP contribution in [0.1, 0.15) is 56.3 Å². The van der Waals surface area contributed by atoms with Gasteiger partial charge in [0.1, 0.15) is 11.5 Å². The van der Waals surface area contributed by atoms with Gasteiger partial charge in [0.2, 0.25) is 5.75 Å². The van der Waals surface area contributed by atoms with Crippen molar-refractivity contribution < 1.29 is 23.7 Å². The Kier molecular flexibility index (Phi) is 8.29. The molecule has 3 rings (SSSR count). The molecule has 0 unspecified atom stereocenters. The maximum atomic E-state index is 13.4. The van der Waals surface area contributed by atoms with Gasteiger partial charge in [0.25, 0.3) is 5.91 Å². The van der Waals surface area contributed by atoms with Crippen LogP contribution in [0.4, 0.5) is 0 Å². The van der Waals surface area contributed by atoms with E-state index in [1.807, 2.05) is 17.0 Å². The smallest absolute Gasteiger partial charge is 0.254 e. The third kappa shape index (κ3) is 5.31.